The van der Waals surface area contributed by atoms with E-state index in [2.05, 4.69) is 0 Å². The zero-order valence-corrected chi connectivity index (χ0v) is 12.2. The SMILES string of the molecule is CC(=O)N1CCC(C(=O)N2CC(C)OC(CO)C2)CC1. The van der Waals surface area contributed by atoms with E-state index in [4.69, 9.17) is 4.74 Å². The number of hydrogen-bond acceptors (Lipinski definition) is 4. The lowest BCUT2D eigenvalue weighted by molar-refractivity contribution is -0.153. The number of carbonyl (C=O) groups excluding carboxylic acids is 2. The van der Waals surface area contributed by atoms with Gasteiger partial charge in [-0.1, -0.05) is 0 Å². The monoisotopic (exact) mass is 284 g/mol. The molecule has 2 atom stereocenters. The molecule has 2 fully saturated rings. The Labute approximate surface area is 119 Å². The van der Waals surface area contributed by atoms with E-state index in [9.17, 15) is 14.7 Å². The molecule has 1 N–H and O–H groups in total. The molecule has 0 aromatic heterocycles. The number of likely N-dealkylation sites (tertiary alicyclic amines) is 1. The van der Waals surface area contributed by atoms with E-state index < -0.39 is 0 Å². The molecule has 2 saturated heterocycles. The zero-order valence-electron chi connectivity index (χ0n) is 12.2. The lowest BCUT2D eigenvalue weighted by atomic mass is 9.94. The number of ether oxygens (including phenoxy) is 1. The second-order valence-corrected chi connectivity index (χ2v) is 5.77. The number of morpholine rings is 1. The van der Waals surface area contributed by atoms with Crippen LogP contribution in [0.15, 0.2) is 0 Å². The van der Waals surface area contributed by atoms with E-state index in [0.29, 0.717) is 26.2 Å². The van der Waals surface area contributed by atoms with Crippen molar-refractivity contribution in [3.8, 4) is 0 Å². The maximum absolute atomic E-state index is 12.5. The molecule has 6 heteroatoms. The molecule has 6 nitrogen and oxygen atoms in total. The van der Waals surface area contributed by atoms with Crippen molar-refractivity contribution < 1.29 is 19.4 Å². The van der Waals surface area contributed by atoms with E-state index in [1.165, 1.54) is 0 Å². The minimum atomic E-state index is -0.278. The van der Waals surface area contributed by atoms with Crippen LogP contribution < -0.4 is 0 Å². The van der Waals surface area contributed by atoms with Crippen molar-refractivity contribution in [3.05, 3.63) is 0 Å². The number of amides is 2. The number of rotatable bonds is 2. The molecule has 114 valence electrons. The highest BCUT2D eigenvalue weighted by Crippen LogP contribution is 2.22. The second kappa shape index (κ2) is 6.54. The molecule has 0 spiro atoms. The molecule has 0 aromatic rings. The summed E-state index contributed by atoms with van der Waals surface area (Å²) in [4.78, 5) is 27.4. The van der Waals surface area contributed by atoms with Crippen molar-refractivity contribution >= 4 is 11.8 Å². The van der Waals surface area contributed by atoms with Crippen molar-refractivity contribution in [2.75, 3.05) is 32.8 Å². The summed E-state index contributed by atoms with van der Waals surface area (Å²) in [6.45, 7) is 5.80. The van der Waals surface area contributed by atoms with Gasteiger partial charge in [-0.25, -0.2) is 0 Å². The Hall–Kier alpha value is -1.14. The van der Waals surface area contributed by atoms with E-state index >= 15 is 0 Å². The summed E-state index contributed by atoms with van der Waals surface area (Å²) in [5, 5.41) is 9.21. The fourth-order valence-electron chi connectivity index (χ4n) is 3.03. The van der Waals surface area contributed by atoms with Gasteiger partial charge in [0.15, 0.2) is 0 Å². The molecule has 0 radical (unpaired) electrons. The van der Waals surface area contributed by atoms with E-state index in [1.54, 1.807) is 11.8 Å². The number of nitrogens with zero attached hydrogens (tertiary/aromatic N) is 2. The molecule has 0 aliphatic carbocycles. The standard InChI is InChI=1S/C14H24N2O4/c1-10-7-16(8-13(9-17)20-10)14(19)12-3-5-15(6-4-12)11(2)18/h10,12-13,17H,3-9H2,1-2H3. The van der Waals surface area contributed by atoms with Gasteiger partial charge in [-0.15, -0.1) is 0 Å². The molecule has 0 saturated carbocycles. The highest BCUT2D eigenvalue weighted by molar-refractivity contribution is 5.80. The number of hydrogen-bond donors (Lipinski definition) is 1. The zero-order chi connectivity index (χ0) is 14.7. The maximum Gasteiger partial charge on any atom is 0.225 e. The van der Waals surface area contributed by atoms with Crippen LogP contribution >= 0.6 is 0 Å². The summed E-state index contributed by atoms with van der Waals surface area (Å²) in [6.07, 6.45) is 1.14. The third-order valence-corrected chi connectivity index (χ3v) is 4.13. The van der Waals surface area contributed by atoms with Crippen molar-refractivity contribution in [2.24, 2.45) is 5.92 Å². The molecular weight excluding hydrogens is 260 g/mol. The largest absolute Gasteiger partial charge is 0.394 e. The molecular formula is C14H24N2O4. The first-order valence-corrected chi connectivity index (χ1v) is 7.32. The molecule has 2 unspecified atom stereocenters. The van der Waals surface area contributed by atoms with Gasteiger partial charge >= 0.3 is 0 Å². The van der Waals surface area contributed by atoms with Crippen LogP contribution in [0.4, 0.5) is 0 Å². The van der Waals surface area contributed by atoms with Gasteiger partial charge < -0.3 is 19.6 Å². The summed E-state index contributed by atoms with van der Waals surface area (Å²) >= 11 is 0. The normalized spacial score (nSPS) is 28.6. The van der Waals surface area contributed by atoms with Crippen LogP contribution in [0.3, 0.4) is 0 Å². The first kappa shape index (κ1) is 15.3. The summed E-state index contributed by atoms with van der Waals surface area (Å²) in [6, 6.07) is 0. The summed E-state index contributed by atoms with van der Waals surface area (Å²) < 4.78 is 5.55. The molecule has 0 bridgehead atoms. The van der Waals surface area contributed by atoms with E-state index in [1.807, 2.05) is 11.8 Å². The second-order valence-electron chi connectivity index (χ2n) is 5.77. The number of aliphatic hydroxyl groups excluding tert-OH is 1. The average molecular weight is 284 g/mol. The Bertz CT molecular complexity index is 366. The lowest BCUT2D eigenvalue weighted by Gasteiger charge is -2.39. The predicted molar refractivity (Wildman–Crippen MR) is 73.0 cm³/mol. The van der Waals surface area contributed by atoms with E-state index in [-0.39, 0.29) is 36.5 Å². The quantitative estimate of drug-likeness (QED) is 0.766. The number of piperidine rings is 1. The van der Waals surface area contributed by atoms with Gasteiger partial charge in [0.25, 0.3) is 0 Å². The van der Waals surface area contributed by atoms with Crippen LogP contribution in [-0.4, -0.2) is 71.7 Å². The van der Waals surface area contributed by atoms with E-state index in [0.717, 1.165) is 12.8 Å². The van der Waals surface area contributed by atoms with Crippen LogP contribution in [0.25, 0.3) is 0 Å². The fraction of sp³-hybridized carbons (Fsp3) is 0.857. The highest BCUT2D eigenvalue weighted by atomic mass is 16.5. The summed E-state index contributed by atoms with van der Waals surface area (Å²) in [5.41, 5.74) is 0. The Morgan fingerprint density at radius 1 is 1.20 bits per heavy atom. The average Bonchev–Trinajstić information content (AvgIpc) is 2.45. The molecule has 2 aliphatic rings. The van der Waals surface area contributed by atoms with Gasteiger partial charge in [-0.3, -0.25) is 9.59 Å². The topological polar surface area (TPSA) is 70.1 Å². The lowest BCUT2D eigenvalue weighted by Crippen LogP contribution is -2.53. The van der Waals surface area contributed by atoms with Crippen LogP contribution in [-0.2, 0) is 14.3 Å². The van der Waals surface area contributed by atoms with Gasteiger partial charge in [-0.05, 0) is 19.8 Å². The Morgan fingerprint density at radius 3 is 2.40 bits per heavy atom. The van der Waals surface area contributed by atoms with Crippen molar-refractivity contribution in [1.82, 2.24) is 9.80 Å². The van der Waals surface area contributed by atoms with Gasteiger partial charge in [0.05, 0.1) is 18.8 Å². The number of aliphatic hydroxyl groups is 1. The predicted octanol–water partition coefficient (Wildman–Crippen LogP) is -0.147. The molecule has 2 aliphatic heterocycles. The van der Waals surface area contributed by atoms with Crippen LogP contribution in [0, 0.1) is 5.92 Å². The summed E-state index contributed by atoms with van der Waals surface area (Å²) in [7, 11) is 0. The highest BCUT2D eigenvalue weighted by Gasteiger charge is 2.33. The van der Waals surface area contributed by atoms with Gasteiger partial charge in [-0.2, -0.15) is 0 Å². The van der Waals surface area contributed by atoms with Crippen LogP contribution in [0.1, 0.15) is 26.7 Å². The van der Waals surface area contributed by atoms with Gasteiger partial charge in [0.2, 0.25) is 11.8 Å². The van der Waals surface area contributed by atoms with Crippen molar-refractivity contribution in [3.63, 3.8) is 0 Å². The van der Waals surface area contributed by atoms with Gasteiger partial charge in [0.1, 0.15) is 0 Å². The summed E-state index contributed by atoms with van der Waals surface area (Å²) in [5.74, 6) is 0.216. The van der Waals surface area contributed by atoms with Crippen LogP contribution in [0.5, 0.6) is 0 Å². The van der Waals surface area contributed by atoms with Gasteiger partial charge in [0, 0.05) is 39.0 Å². The molecule has 2 heterocycles. The molecule has 20 heavy (non-hydrogen) atoms. The van der Waals surface area contributed by atoms with Crippen LogP contribution in [0.2, 0.25) is 0 Å². The van der Waals surface area contributed by atoms with Crippen molar-refractivity contribution in [2.45, 2.75) is 38.9 Å². The first-order valence-electron chi connectivity index (χ1n) is 7.32. The third-order valence-electron chi connectivity index (χ3n) is 4.13. The Morgan fingerprint density at radius 2 is 1.85 bits per heavy atom. The smallest absolute Gasteiger partial charge is 0.225 e. The molecule has 0 aromatic carbocycles. The first-order chi connectivity index (χ1) is 9.51. The minimum Gasteiger partial charge on any atom is -0.394 e. The fourth-order valence-corrected chi connectivity index (χ4v) is 3.03. The number of carbonyl (C=O) groups is 2. The Kier molecular flexibility index (Phi) is 4.99. The third kappa shape index (κ3) is 3.49. The minimum absolute atomic E-state index is 0.00440. The molecule has 2 rings (SSSR count). The van der Waals surface area contributed by atoms with Crippen molar-refractivity contribution in [1.29, 1.82) is 0 Å². The molecule has 2 amide bonds. The maximum atomic E-state index is 12.5. The Balaban J connectivity index is 1.89.